The summed E-state index contributed by atoms with van der Waals surface area (Å²) >= 11 is 0. The molecule has 0 aliphatic heterocycles. The summed E-state index contributed by atoms with van der Waals surface area (Å²) in [5, 5.41) is 11.6. The highest BCUT2D eigenvalue weighted by Gasteiger charge is 2.18. The van der Waals surface area contributed by atoms with Gasteiger partial charge in [0.15, 0.2) is 11.5 Å². The second-order valence-electron chi connectivity index (χ2n) is 5.91. The van der Waals surface area contributed by atoms with Crippen LogP contribution in [0.4, 0.5) is 0 Å². The zero-order valence-corrected chi connectivity index (χ0v) is 14.5. The smallest absolute Gasteiger partial charge is 0.255 e. The molecule has 0 radical (unpaired) electrons. The van der Waals surface area contributed by atoms with Gasteiger partial charge in [-0.3, -0.25) is 9.48 Å². The summed E-state index contributed by atoms with van der Waals surface area (Å²) in [5.74, 6) is 0.527. The molecule has 130 valence electrons. The molecule has 7 heteroatoms. The molecular formula is C19H18N6O. The molecule has 7 nitrogen and oxygen atoms in total. The molecule has 1 N–H and O–H groups in total. The number of fused-ring (bicyclic) bond motifs is 1. The van der Waals surface area contributed by atoms with Gasteiger partial charge in [-0.2, -0.15) is 5.10 Å². The maximum Gasteiger partial charge on any atom is 0.255 e. The Morgan fingerprint density at radius 2 is 1.96 bits per heavy atom. The Balaban J connectivity index is 1.79. The summed E-state index contributed by atoms with van der Waals surface area (Å²) in [6, 6.07) is 13.7. The minimum atomic E-state index is -0.137. The third-order valence-corrected chi connectivity index (χ3v) is 4.16. The lowest BCUT2D eigenvalue weighted by atomic mass is 10.1. The highest BCUT2D eigenvalue weighted by Crippen LogP contribution is 2.25. The predicted octanol–water partition coefficient (Wildman–Crippen LogP) is 2.55. The number of pyridine rings is 1. The Hall–Kier alpha value is -3.48. The van der Waals surface area contributed by atoms with Crippen LogP contribution in [-0.2, 0) is 7.05 Å². The van der Waals surface area contributed by atoms with Crippen LogP contribution in [0.15, 0.2) is 54.9 Å². The van der Waals surface area contributed by atoms with Crippen LogP contribution >= 0.6 is 0 Å². The van der Waals surface area contributed by atoms with Gasteiger partial charge in [0.2, 0.25) is 0 Å². The molecule has 0 atom stereocenters. The van der Waals surface area contributed by atoms with Crippen molar-refractivity contribution in [3.63, 3.8) is 0 Å². The summed E-state index contributed by atoms with van der Waals surface area (Å²) < 4.78 is 3.43. The lowest BCUT2D eigenvalue weighted by Crippen LogP contribution is -2.23. The van der Waals surface area contributed by atoms with Crippen LogP contribution in [0, 0.1) is 0 Å². The van der Waals surface area contributed by atoms with Crippen molar-refractivity contribution in [1.82, 2.24) is 29.7 Å². The number of hydrogen-bond acceptors (Lipinski definition) is 4. The predicted molar refractivity (Wildman–Crippen MR) is 98.6 cm³/mol. The van der Waals surface area contributed by atoms with Crippen molar-refractivity contribution in [1.29, 1.82) is 0 Å². The Labute approximate surface area is 150 Å². The van der Waals surface area contributed by atoms with Crippen molar-refractivity contribution in [2.45, 2.75) is 6.92 Å². The molecule has 0 aliphatic carbocycles. The lowest BCUT2D eigenvalue weighted by Gasteiger charge is -2.06. The molecule has 0 saturated heterocycles. The minimum absolute atomic E-state index is 0.137. The van der Waals surface area contributed by atoms with Crippen LogP contribution < -0.4 is 5.32 Å². The van der Waals surface area contributed by atoms with Crippen LogP contribution in [-0.4, -0.2) is 36.8 Å². The van der Waals surface area contributed by atoms with Gasteiger partial charge in [-0.15, -0.1) is 5.10 Å². The van der Waals surface area contributed by atoms with Crippen molar-refractivity contribution < 1.29 is 4.79 Å². The highest BCUT2D eigenvalue weighted by atomic mass is 16.1. The van der Waals surface area contributed by atoms with Crippen LogP contribution in [0.25, 0.3) is 28.3 Å². The fourth-order valence-electron chi connectivity index (χ4n) is 2.94. The van der Waals surface area contributed by atoms with E-state index in [1.54, 1.807) is 15.4 Å². The minimum Gasteiger partial charge on any atom is -0.352 e. The number of nitrogens with one attached hydrogen (secondary N) is 1. The first-order chi connectivity index (χ1) is 12.7. The van der Waals surface area contributed by atoms with Gasteiger partial charge < -0.3 is 5.32 Å². The first-order valence-electron chi connectivity index (χ1n) is 8.40. The second-order valence-corrected chi connectivity index (χ2v) is 5.91. The van der Waals surface area contributed by atoms with Gasteiger partial charge in [0.1, 0.15) is 0 Å². The number of hydrogen-bond donors (Lipinski definition) is 1. The van der Waals surface area contributed by atoms with Crippen LogP contribution in [0.2, 0.25) is 0 Å². The zero-order chi connectivity index (χ0) is 18.1. The number of carbonyl (C=O) groups excluding carboxylic acids is 1. The number of carbonyl (C=O) groups is 1. The molecule has 0 fully saturated rings. The van der Waals surface area contributed by atoms with Gasteiger partial charge in [0.25, 0.3) is 5.91 Å². The zero-order valence-electron chi connectivity index (χ0n) is 14.5. The molecule has 4 aromatic rings. The molecule has 4 rings (SSSR count). The Kier molecular flexibility index (Phi) is 3.96. The average molecular weight is 346 g/mol. The molecule has 1 aromatic carbocycles. The maximum absolute atomic E-state index is 12.3. The van der Waals surface area contributed by atoms with E-state index in [0.29, 0.717) is 23.6 Å². The standard InChI is InChI=1S/C19H18N6O/c1-3-20-19(26)15-12-21-24(2)17(15)14-9-10-25-16(11-14)22-18(23-25)13-7-5-4-6-8-13/h4-12H,3H2,1-2H3,(H,20,26). The second kappa shape index (κ2) is 6.44. The van der Waals surface area contributed by atoms with E-state index in [2.05, 4.69) is 20.5 Å². The van der Waals surface area contributed by atoms with Gasteiger partial charge in [0, 0.05) is 30.9 Å². The van der Waals surface area contributed by atoms with Crippen LogP contribution in [0.3, 0.4) is 0 Å². The van der Waals surface area contributed by atoms with Crippen molar-refractivity contribution in [2.75, 3.05) is 6.54 Å². The first-order valence-corrected chi connectivity index (χ1v) is 8.40. The van der Waals surface area contributed by atoms with E-state index in [0.717, 1.165) is 16.8 Å². The van der Waals surface area contributed by atoms with Gasteiger partial charge in [0.05, 0.1) is 17.5 Å². The van der Waals surface area contributed by atoms with E-state index in [-0.39, 0.29) is 5.91 Å². The van der Waals surface area contributed by atoms with E-state index < -0.39 is 0 Å². The quantitative estimate of drug-likeness (QED) is 0.616. The largest absolute Gasteiger partial charge is 0.352 e. The van der Waals surface area contributed by atoms with Crippen molar-refractivity contribution >= 4 is 11.6 Å². The SMILES string of the molecule is CCNC(=O)c1cnn(C)c1-c1ccn2nc(-c3ccccc3)nc2c1. The molecule has 0 bridgehead atoms. The summed E-state index contributed by atoms with van der Waals surface area (Å²) in [6.45, 7) is 2.46. The molecule has 1 amide bonds. The van der Waals surface area contributed by atoms with Gasteiger partial charge in [-0.05, 0) is 19.1 Å². The summed E-state index contributed by atoms with van der Waals surface area (Å²) in [4.78, 5) is 16.9. The van der Waals surface area contributed by atoms with E-state index in [9.17, 15) is 4.79 Å². The van der Waals surface area contributed by atoms with E-state index in [1.165, 1.54) is 0 Å². The highest BCUT2D eigenvalue weighted by molar-refractivity contribution is 6.00. The Morgan fingerprint density at radius 1 is 1.15 bits per heavy atom. The Bertz CT molecular complexity index is 1080. The first kappa shape index (κ1) is 16.0. The number of amides is 1. The molecule has 0 saturated carbocycles. The van der Waals surface area contributed by atoms with Crippen molar-refractivity contribution in [2.24, 2.45) is 7.05 Å². The average Bonchev–Trinajstić information content (AvgIpc) is 3.25. The third kappa shape index (κ3) is 2.73. The summed E-state index contributed by atoms with van der Waals surface area (Å²) in [7, 11) is 1.82. The molecule has 0 aliphatic rings. The normalized spacial score (nSPS) is 11.0. The van der Waals surface area contributed by atoms with E-state index in [4.69, 9.17) is 0 Å². The Morgan fingerprint density at radius 3 is 2.73 bits per heavy atom. The van der Waals surface area contributed by atoms with Gasteiger partial charge >= 0.3 is 0 Å². The number of aromatic nitrogens is 5. The van der Waals surface area contributed by atoms with E-state index in [1.807, 2.05) is 62.6 Å². The van der Waals surface area contributed by atoms with Crippen molar-refractivity contribution in [3.05, 3.63) is 60.4 Å². The van der Waals surface area contributed by atoms with Gasteiger partial charge in [-0.1, -0.05) is 30.3 Å². The monoisotopic (exact) mass is 346 g/mol. The fourth-order valence-corrected chi connectivity index (χ4v) is 2.94. The molecule has 26 heavy (non-hydrogen) atoms. The van der Waals surface area contributed by atoms with E-state index >= 15 is 0 Å². The molecule has 0 unspecified atom stereocenters. The number of aryl methyl sites for hydroxylation is 1. The van der Waals surface area contributed by atoms with Gasteiger partial charge in [-0.25, -0.2) is 9.50 Å². The molecule has 3 aromatic heterocycles. The van der Waals surface area contributed by atoms with Crippen LogP contribution in [0.5, 0.6) is 0 Å². The number of benzene rings is 1. The fraction of sp³-hybridized carbons (Fsp3) is 0.158. The molecular weight excluding hydrogens is 328 g/mol. The molecule has 3 heterocycles. The lowest BCUT2D eigenvalue weighted by molar-refractivity contribution is 0.0956. The van der Waals surface area contributed by atoms with Crippen LogP contribution in [0.1, 0.15) is 17.3 Å². The maximum atomic E-state index is 12.3. The summed E-state index contributed by atoms with van der Waals surface area (Å²) in [6.07, 6.45) is 3.43. The number of nitrogens with zero attached hydrogens (tertiary/aromatic N) is 5. The summed E-state index contributed by atoms with van der Waals surface area (Å²) in [5.41, 5.74) is 3.83. The number of rotatable bonds is 4. The molecule has 0 spiro atoms. The topological polar surface area (TPSA) is 77.1 Å². The third-order valence-electron chi connectivity index (χ3n) is 4.16. The van der Waals surface area contributed by atoms with Crippen molar-refractivity contribution in [3.8, 4) is 22.6 Å².